The van der Waals surface area contributed by atoms with Gasteiger partial charge in [-0.2, -0.15) is 0 Å². The van der Waals surface area contributed by atoms with Crippen molar-refractivity contribution in [1.29, 1.82) is 0 Å². The van der Waals surface area contributed by atoms with Gasteiger partial charge in [-0.25, -0.2) is 0 Å². The lowest BCUT2D eigenvalue weighted by atomic mass is 9.97. The van der Waals surface area contributed by atoms with Gasteiger partial charge in [0.15, 0.2) is 0 Å². The van der Waals surface area contributed by atoms with E-state index in [-0.39, 0.29) is 12.5 Å². The van der Waals surface area contributed by atoms with E-state index in [2.05, 4.69) is 25.2 Å². The topological polar surface area (TPSA) is 38.3 Å². The van der Waals surface area contributed by atoms with Crippen LogP contribution < -0.4 is 5.32 Å². The van der Waals surface area contributed by atoms with Crippen molar-refractivity contribution in [3.63, 3.8) is 0 Å². The summed E-state index contributed by atoms with van der Waals surface area (Å²) in [5.74, 6) is 0.331. The number of carbonyl (C=O) groups is 1. The Morgan fingerprint density at radius 3 is 2.75 bits per heavy atom. The van der Waals surface area contributed by atoms with E-state index in [1.807, 2.05) is 18.2 Å². The van der Waals surface area contributed by atoms with E-state index in [0.717, 1.165) is 12.1 Å². The van der Waals surface area contributed by atoms with Gasteiger partial charge in [-0.05, 0) is 24.0 Å². The number of amides is 1. The highest BCUT2D eigenvalue weighted by Crippen LogP contribution is 2.26. The number of para-hydroxylation sites is 1. The van der Waals surface area contributed by atoms with E-state index >= 15 is 0 Å². The summed E-state index contributed by atoms with van der Waals surface area (Å²) in [4.78, 5) is 11.4. The average Bonchev–Trinajstić information content (AvgIpc) is 2.29. The second-order valence-electron chi connectivity index (χ2n) is 3.88. The van der Waals surface area contributed by atoms with E-state index in [9.17, 15) is 4.79 Å². The molecule has 0 aromatic heterocycles. The molecule has 16 heavy (non-hydrogen) atoms. The fraction of sp³-hybridized carbons (Fsp3) is 0.462. The second-order valence-corrected chi connectivity index (χ2v) is 3.88. The van der Waals surface area contributed by atoms with Gasteiger partial charge in [0.25, 0.3) is 0 Å². The van der Waals surface area contributed by atoms with Crippen LogP contribution in [0.3, 0.4) is 0 Å². The number of anilines is 1. The molecule has 88 valence electrons. The number of hydrogen-bond acceptors (Lipinski definition) is 2. The molecule has 1 amide bonds. The lowest BCUT2D eigenvalue weighted by molar-refractivity contribution is -0.119. The number of methoxy groups -OCH3 is 1. The number of hydrogen-bond donors (Lipinski definition) is 1. The van der Waals surface area contributed by atoms with Crippen LogP contribution in [-0.2, 0) is 9.53 Å². The lowest BCUT2D eigenvalue weighted by Crippen LogP contribution is -2.18. The average molecular weight is 221 g/mol. The maximum Gasteiger partial charge on any atom is 0.250 e. The first-order valence-corrected chi connectivity index (χ1v) is 5.56. The van der Waals surface area contributed by atoms with Gasteiger partial charge in [-0.15, -0.1) is 0 Å². The number of rotatable bonds is 5. The Morgan fingerprint density at radius 1 is 1.44 bits per heavy atom. The Kier molecular flexibility index (Phi) is 4.99. The summed E-state index contributed by atoms with van der Waals surface area (Å²) in [5, 5.41) is 2.86. The first-order chi connectivity index (χ1) is 7.69. The fourth-order valence-electron chi connectivity index (χ4n) is 1.58. The van der Waals surface area contributed by atoms with Gasteiger partial charge >= 0.3 is 0 Å². The highest BCUT2D eigenvalue weighted by atomic mass is 16.5. The summed E-state index contributed by atoms with van der Waals surface area (Å²) in [6.07, 6.45) is 1.05. The molecule has 0 heterocycles. The molecule has 3 nitrogen and oxygen atoms in total. The van der Waals surface area contributed by atoms with Gasteiger partial charge in [-0.3, -0.25) is 4.79 Å². The van der Waals surface area contributed by atoms with Gasteiger partial charge in [0.2, 0.25) is 5.91 Å². The molecule has 0 aliphatic carbocycles. The van der Waals surface area contributed by atoms with Crippen LogP contribution in [0.1, 0.15) is 31.7 Å². The van der Waals surface area contributed by atoms with Crippen molar-refractivity contribution in [2.45, 2.75) is 26.2 Å². The fourth-order valence-corrected chi connectivity index (χ4v) is 1.58. The first kappa shape index (κ1) is 12.7. The Bertz CT molecular complexity index is 350. The van der Waals surface area contributed by atoms with Crippen LogP contribution in [0.25, 0.3) is 0 Å². The summed E-state index contributed by atoms with van der Waals surface area (Å²) in [6.45, 7) is 4.38. The van der Waals surface area contributed by atoms with Crippen molar-refractivity contribution in [3.05, 3.63) is 29.8 Å². The molecule has 1 rings (SSSR count). The van der Waals surface area contributed by atoms with E-state index in [1.54, 1.807) is 0 Å². The number of carbonyl (C=O) groups excluding carboxylic acids is 1. The van der Waals surface area contributed by atoms with Crippen molar-refractivity contribution in [1.82, 2.24) is 0 Å². The monoisotopic (exact) mass is 221 g/mol. The molecular weight excluding hydrogens is 202 g/mol. The molecular formula is C13H19NO2. The van der Waals surface area contributed by atoms with E-state index in [0.29, 0.717) is 5.92 Å². The SMILES string of the molecule is CC[C@H](C)c1ccccc1NC(=O)COC. The van der Waals surface area contributed by atoms with Crippen molar-refractivity contribution < 1.29 is 9.53 Å². The van der Waals surface area contributed by atoms with Crippen molar-refractivity contribution in [3.8, 4) is 0 Å². The minimum Gasteiger partial charge on any atom is -0.375 e. The third-order valence-electron chi connectivity index (χ3n) is 2.65. The molecule has 0 saturated heterocycles. The van der Waals surface area contributed by atoms with Crippen molar-refractivity contribution in [2.75, 3.05) is 19.0 Å². The predicted octanol–water partition coefficient (Wildman–Crippen LogP) is 2.79. The van der Waals surface area contributed by atoms with Crippen LogP contribution in [-0.4, -0.2) is 19.6 Å². The van der Waals surface area contributed by atoms with Gasteiger partial charge in [0.05, 0.1) is 0 Å². The predicted molar refractivity (Wildman–Crippen MR) is 65.7 cm³/mol. The zero-order chi connectivity index (χ0) is 12.0. The molecule has 1 aromatic rings. The maximum absolute atomic E-state index is 11.4. The van der Waals surface area contributed by atoms with Crippen LogP contribution in [0.2, 0.25) is 0 Å². The normalized spacial score (nSPS) is 12.2. The number of ether oxygens (including phenoxy) is 1. The summed E-state index contributed by atoms with van der Waals surface area (Å²) in [6, 6.07) is 7.90. The van der Waals surface area contributed by atoms with E-state index in [1.165, 1.54) is 12.7 Å². The van der Waals surface area contributed by atoms with Gasteiger partial charge < -0.3 is 10.1 Å². The van der Waals surface area contributed by atoms with Crippen LogP contribution in [0.4, 0.5) is 5.69 Å². The summed E-state index contributed by atoms with van der Waals surface area (Å²) in [7, 11) is 1.51. The molecule has 0 fully saturated rings. The Hall–Kier alpha value is -1.35. The van der Waals surface area contributed by atoms with Crippen LogP contribution in [0, 0.1) is 0 Å². The lowest BCUT2D eigenvalue weighted by Gasteiger charge is -2.15. The molecule has 0 saturated carbocycles. The third kappa shape index (κ3) is 3.35. The standard InChI is InChI=1S/C13H19NO2/c1-4-10(2)11-7-5-6-8-12(11)14-13(15)9-16-3/h5-8,10H,4,9H2,1-3H3,(H,14,15)/t10-/m0/s1. The summed E-state index contributed by atoms with van der Waals surface area (Å²) >= 11 is 0. The number of nitrogens with one attached hydrogen (secondary N) is 1. The number of benzene rings is 1. The molecule has 0 unspecified atom stereocenters. The van der Waals surface area contributed by atoms with Crippen LogP contribution in [0.5, 0.6) is 0 Å². The minimum atomic E-state index is -0.113. The first-order valence-electron chi connectivity index (χ1n) is 5.56. The molecule has 1 atom stereocenters. The molecule has 0 radical (unpaired) electrons. The zero-order valence-corrected chi connectivity index (χ0v) is 10.1. The smallest absolute Gasteiger partial charge is 0.250 e. The molecule has 0 spiro atoms. The quantitative estimate of drug-likeness (QED) is 0.830. The molecule has 0 aliphatic heterocycles. The van der Waals surface area contributed by atoms with Crippen LogP contribution in [0.15, 0.2) is 24.3 Å². The second kappa shape index (κ2) is 6.28. The van der Waals surface area contributed by atoms with Crippen molar-refractivity contribution >= 4 is 11.6 Å². The molecule has 1 aromatic carbocycles. The van der Waals surface area contributed by atoms with Crippen molar-refractivity contribution in [2.24, 2.45) is 0 Å². The minimum absolute atomic E-state index is 0.0921. The van der Waals surface area contributed by atoms with Crippen LogP contribution >= 0.6 is 0 Å². The van der Waals surface area contributed by atoms with Gasteiger partial charge in [-0.1, -0.05) is 32.0 Å². The third-order valence-corrected chi connectivity index (χ3v) is 2.65. The van der Waals surface area contributed by atoms with E-state index in [4.69, 9.17) is 4.74 Å². The molecule has 1 N–H and O–H groups in total. The largest absolute Gasteiger partial charge is 0.375 e. The molecule has 0 aliphatic rings. The highest BCUT2D eigenvalue weighted by molar-refractivity contribution is 5.92. The Morgan fingerprint density at radius 2 is 2.12 bits per heavy atom. The van der Waals surface area contributed by atoms with E-state index < -0.39 is 0 Å². The summed E-state index contributed by atoms with van der Waals surface area (Å²) < 4.78 is 4.79. The zero-order valence-electron chi connectivity index (χ0n) is 10.1. The Balaban J connectivity index is 2.82. The molecule has 0 bridgehead atoms. The maximum atomic E-state index is 11.4. The molecule has 3 heteroatoms. The van der Waals surface area contributed by atoms with Gasteiger partial charge in [0.1, 0.15) is 6.61 Å². The highest BCUT2D eigenvalue weighted by Gasteiger charge is 2.10. The Labute approximate surface area is 96.8 Å². The van der Waals surface area contributed by atoms with Gasteiger partial charge in [0, 0.05) is 12.8 Å². The summed E-state index contributed by atoms with van der Waals surface area (Å²) in [5.41, 5.74) is 2.06.